The molecule has 1 N–H and O–H groups in total. The highest BCUT2D eigenvalue weighted by Gasteiger charge is 2.20. The molecule has 1 aromatic heterocycles. The van der Waals surface area contributed by atoms with E-state index in [1.165, 1.54) is 0 Å². The van der Waals surface area contributed by atoms with E-state index in [4.69, 9.17) is 5.26 Å². The molecule has 0 aromatic carbocycles. The lowest BCUT2D eigenvalue weighted by molar-refractivity contribution is 0.197. The molecule has 0 spiro atoms. The van der Waals surface area contributed by atoms with Crippen LogP contribution in [-0.4, -0.2) is 54.0 Å². The number of nitrogens with zero attached hydrogens (tertiary/aromatic N) is 6. The second-order valence-electron chi connectivity index (χ2n) is 4.70. The number of likely N-dealkylation sites (tertiary alicyclic amines) is 1. The van der Waals surface area contributed by atoms with Gasteiger partial charge in [-0.1, -0.05) is 0 Å². The van der Waals surface area contributed by atoms with Crippen molar-refractivity contribution in [2.24, 2.45) is 9.98 Å². The Bertz CT molecular complexity index is 517. The quantitative estimate of drug-likeness (QED) is 0.508. The Labute approximate surface area is 118 Å². The number of guanidine groups is 1. The molecule has 2 heterocycles. The highest BCUT2D eigenvalue weighted by atomic mass is 15.3. The molecule has 1 aliphatic rings. The van der Waals surface area contributed by atoms with Crippen LogP contribution in [0.5, 0.6) is 0 Å². The first kappa shape index (κ1) is 14.2. The van der Waals surface area contributed by atoms with Crippen LogP contribution < -0.4 is 5.32 Å². The minimum atomic E-state index is 0.388. The molecule has 0 amide bonds. The summed E-state index contributed by atoms with van der Waals surface area (Å²) < 4.78 is 1.97. The molecule has 0 aliphatic carbocycles. The van der Waals surface area contributed by atoms with E-state index in [0.717, 1.165) is 31.6 Å². The average molecular weight is 273 g/mol. The van der Waals surface area contributed by atoms with E-state index in [2.05, 4.69) is 38.1 Å². The molecule has 20 heavy (non-hydrogen) atoms. The van der Waals surface area contributed by atoms with Crippen molar-refractivity contribution >= 4 is 18.4 Å². The number of hydrogen-bond donors (Lipinski definition) is 1. The van der Waals surface area contributed by atoms with E-state index in [1.807, 2.05) is 10.9 Å². The summed E-state index contributed by atoms with van der Waals surface area (Å²) in [4.78, 5) is 9.89. The lowest BCUT2D eigenvalue weighted by Gasteiger charge is -2.30. The van der Waals surface area contributed by atoms with Crippen LogP contribution in [0.25, 0.3) is 0 Å². The van der Waals surface area contributed by atoms with Crippen molar-refractivity contribution in [2.75, 3.05) is 32.0 Å². The van der Waals surface area contributed by atoms with Gasteiger partial charge in [-0.05, 0) is 19.6 Å². The number of aliphatic imine (C=N–C) groups is 2. The molecule has 1 fully saturated rings. The lowest BCUT2D eigenvalue weighted by Crippen LogP contribution is -2.34. The summed E-state index contributed by atoms with van der Waals surface area (Å²) in [5.41, 5.74) is 0.859. The van der Waals surface area contributed by atoms with Crippen molar-refractivity contribution in [2.45, 2.75) is 18.9 Å². The maximum absolute atomic E-state index is 8.69. The SMILES string of the molecule is C=NC(=NC)Nc1cnn(C2CCN(CC#N)CC2)c1. The van der Waals surface area contributed by atoms with Crippen LogP contribution in [0.3, 0.4) is 0 Å². The maximum Gasteiger partial charge on any atom is 0.221 e. The summed E-state index contributed by atoms with van der Waals surface area (Å²) in [6.45, 7) is 5.84. The highest BCUT2D eigenvalue weighted by molar-refractivity contribution is 5.96. The predicted molar refractivity (Wildman–Crippen MR) is 79.1 cm³/mol. The van der Waals surface area contributed by atoms with Gasteiger partial charge in [0.15, 0.2) is 0 Å². The third-order valence-corrected chi connectivity index (χ3v) is 3.44. The van der Waals surface area contributed by atoms with Crippen LogP contribution in [0.15, 0.2) is 22.4 Å². The van der Waals surface area contributed by atoms with E-state index in [9.17, 15) is 0 Å². The van der Waals surface area contributed by atoms with E-state index in [-0.39, 0.29) is 0 Å². The molecule has 1 aliphatic heterocycles. The Kier molecular flexibility index (Phi) is 4.85. The number of aromatic nitrogens is 2. The molecule has 7 heteroatoms. The van der Waals surface area contributed by atoms with Gasteiger partial charge in [0.1, 0.15) is 0 Å². The zero-order chi connectivity index (χ0) is 14.4. The summed E-state index contributed by atoms with van der Waals surface area (Å²) in [6, 6.07) is 2.58. The van der Waals surface area contributed by atoms with Gasteiger partial charge in [-0.15, -0.1) is 0 Å². The number of anilines is 1. The van der Waals surface area contributed by atoms with Gasteiger partial charge >= 0.3 is 0 Å². The predicted octanol–water partition coefficient (Wildman–Crippen LogP) is 1.14. The molecule has 0 atom stereocenters. The van der Waals surface area contributed by atoms with Crippen molar-refractivity contribution in [3.05, 3.63) is 12.4 Å². The van der Waals surface area contributed by atoms with Crippen LogP contribution >= 0.6 is 0 Å². The van der Waals surface area contributed by atoms with Gasteiger partial charge < -0.3 is 5.32 Å². The second kappa shape index (κ2) is 6.82. The molecule has 7 nitrogen and oxygen atoms in total. The zero-order valence-electron chi connectivity index (χ0n) is 11.7. The zero-order valence-corrected chi connectivity index (χ0v) is 11.7. The average Bonchev–Trinajstić information content (AvgIpc) is 2.94. The fourth-order valence-corrected chi connectivity index (χ4v) is 2.34. The minimum absolute atomic E-state index is 0.388. The Morgan fingerprint density at radius 2 is 2.35 bits per heavy atom. The second-order valence-corrected chi connectivity index (χ2v) is 4.70. The molecule has 0 saturated carbocycles. The van der Waals surface area contributed by atoms with E-state index >= 15 is 0 Å². The van der Waals surface area contributed by atoms with E-state index < -0.39 is 0 Å². The van der Waals surface area contributed by atoms with Gasteiger partial charge in [0.25, 0.3) is 0 Å². The monoisotopic (exact) mass is 273 g/mol. The van der Waals surface area contributed by atoms with Crippen molar-refractivity contribution in [1.29, 1.82) is 5.26 Å². The Hall–Kier alpha value is -2.20. The first-order chi connectivity index (χ1) is 9.76. The standard InChI is InChI=1S/C13H19N7/c1-15-13(16-2)18-11-9-17-20(10-11)12-3-6-19(7-4-12)8-5-14/h9-10,12H,1,3-4,6-8H2,2H3,(H,16,18). The third-order valence-electron chi connectivity index (χ3n) is 3.44. The van der Waals surface area contributed by atoms with Crippen LogP contribution in [-0.2, 0) is 0 Å². The smallest absolute Gasteiger partial charge is 0.221 e. The van der Waals surface area contributed by atoms with E-state index in [1.54, 1.807) is 13.2 Å². The number of nitrogens with one attached hydrogen (secondary N) is 1. The molecular formula is C13H19N7. The molecule has 0 bridgehead atoms. The number of rotatable bonds is 3. The molecule has 0 unspecified atom stereocenters. The first-order valence-corrected chi connectivity index (χ1v) is 6.60. The topological polar surface area (TPSA) is 81.6 Å². The number of hydrogen-bond acceptors (Lipinski definition) is 4. The van der Waals surface area contributed by atoms with Gasteiger partial charge in [-0.3, -0.25) is 14.6 Å². The van der Waals surface area contributed by atoms with Crippen LogP contribution in [0.1, 0.15) is 18.9 Å². The number of nitriles is 1. The van der Waals surface area contributed by atoms with Gasteiger partial charge in [-0.25, -0.2) is 4.99 Å². The van der Waals surface area contributed by atoms with Crippen LogP contribution in [0.4, 0.5) is 5.69 Å². The summed E-state index contributed by atoms with van der Waals surface area (Å²) in [5, 5.41) is 16.1. The fourth-order valence-electron chi connectivity index (χ4n) is 2.34. The fraction of sp³-hybridized carbons (Fsp3) is 0.538. The van der Waals surface area contributed by atoms with Gasteiger partial charge in [0, 0.05) is 26.3 Å². The van der Waals surface area contributed by atoms with Gasteiger partial charge in [0.2, 0.25) is 5.96 Å². The molecular weight excluding hydrogens is 254 g/mol. The first-order valence-electron chi connectivity index (χ1n) is 6.60. The highest BCUT2D eigenvalue weighted by Crippen LogP contribution is 2.22. The largest absolute Gasteiger partial charge is 0.322 e. The summed E-state index contributed by atoms with van der Waals surface area (Å²) in [5.74, 6) is 0.480. The summed E-state index contributed by atoms with van der Waals surface area (Å²) in [7, 11) is 1.66. The van der Waals surface area contributed by atoms with Crippen molar-refractivity contribution in [3.8, 4) is 6.07 Å². The van der Waals surface area contributed by atoms with Gasteiger partial charge in [0.05, 0.1) is 30.5 Å². The Morgan fingerprint density at radius 3 is 2.95 bits per heavy atom. The van der Waals surface area contributed by atoms with Crippen LogP contribution in [0, 0.1) is 11.3 Å². The van der Waals surface area contributed by atoms with Gasteiger partial charge in [-0.2, -0.15) is 10.4 Å². The summed E-state index contributed by atoms with van der Waals surface area (Å²) >= 11 is 0. The normalized spacial score (nSPS) is 17.7. The molecule has 2 rings (SSSR count). The summed E-state index contributed by atoms with van der Waals surface area (Å²) in [6.07, 6.45) is 5.74. The molecule has 1 saturated heterocycles. The van der Waals surface area contributed by atoms with Crippen LogP contribution in [0.2, 0.25) is 0 Å². The van der Waals surface area contributed by atoms with Crippen molar-refractivity contribution < 1.29 is 0 Å². The van der Waals surface area contributed by atoms with Crippen molar-refractivity contribution in [3.63, 3.8) is 0 Å². The Balaban J connectivity index is 1.93. The Morgan fingerprint density at radius 1 is 1.60 bits per heavy atom. The number of piperidine rings is 1. The molecule has 106 valence electrons. The van der Waals surface area contributed by atoms with Crippen molar-refractivity contribution in [1.82, 2.24) is 14.7 Å². The maximum atomic E-state index is 8.69. The molecule has 1 aromatic rings. The minimum Gasteiger partial charge on any atom is -0.322 e. The third kappa shape index (κ3) is 3.42. The molecule has 0 radical (unpaired) electrons. The van der Waals surface area contributed by atoms with E-state index in [0.29, 0.717) is 18.5 Å². The lowest BCUT2D eigenvalue weighted by atomic mass is 10.1.